The second-order valence-electron chi connectivity index (χ2n) is 0.954. The number of hydrogen-bond acceptors (Lipinski definition) is 2. The molecular formula is C3HI2NS. The third kappa shape index (κ3) is 1.80. The Kier molecular flexibility index (Phi) is 2.29. The lowest BCUT2D eigenvalue weighted by Gasteiger charge is -1.63. The van der Waals surface area contributed by atoms with E-state index in [1.165, 1.54) is 14.4 Å². The Morgan fingerprint density at radius 2 is 2.29 bits per heavy atom. The van der Waals surface area contributed by atoms with Crippen LogP contribution in [0.1, 0.15) is 0 Å². The van der Waals surface area contributed by atoms with Crippen LogP contribution in [-0.2, 0) is 0 Å². The van der Waals surface area contributed by atoms with Crippen LogP contribution < -0.4 is 0 Å². The molecule has 0 aliphatic heterocycles. The van der Waals surface area contributed by atoms with Gasteiger partial charge in [0.2, 0.25) is 0 Å². The van der Waals surface area contributed by atoms with Gasteiger partial charge in [0.1, 0.15) is 3.70 Å². The summed E-state index contributed by atoms with van der Waals surface area (Å²) >= 11 is 5.98. The monoisotopic (exact) mass is 337 g/mol. The highest BCUT2D eigenvalue weighted by Gasteiger charge is 1.89. The van der Waals surface area contributed by atoms with Crippen molar-refractivity contribution >= 4 is 56.7 Å². The van der Waals surface area contributed by atoms with E-state index in [0.717, 1.165) is 3.70 Å². The summed E-state index contributed by atoms with van der Waals surface area (Å²) in [7, 11) is 0. The van der Waals surface area contributed by atoms with Crippen LogP contribution in [0.3, 0.4) is 0 Å². The summed E-state index contributed by atoms with van der Waals surface area (Å²) in [6, 6.07) is 2.05. The molecule has 0 radical (unpaired) electrons. The molecule has 0 N–H and O–H groups in total. The third-order valence-electron chi connectivity index (χ3n) is 0.453. The van der Waals surface area contributed by atoms with Gasteiger partial charge in [0.25, 0.3) is 0 Å². The maximum Gasteiger partial charge on any atom is 0.116 e. The molecule has 0 spiro atoms. The lowest BCUT2D eigenvalue weighted by atomic mass is 10.8. The van der Waals surface area contributed by atoms with Crippen molar-refractivity contribution in [3.63, 3.8) is 0 Å². The van der Waals surface area contributed by atoms with Gasteiger partial charge < -0.3 is 0 Å². The van der Waals surface area contributed by atoms with E-state index in [1.807, 2.05) is 6.07 Å². The molecule has 0 bridgehead atoms. The van der Waals surface area contributed by atoms with Crippen molar-refractivity contribution < 1.29 is 0 Å². The van der Waals surface area contributed by atoms with E-state index < -0.39 is 0 Å². The van der Waals surface area contributed by atoms with Gasteiger partial charge in [-0.25, -0.2) is 0 Å². The quantitative estimate of drug-likeness (QED) is 0.663. The van der Waals surface area contributed by atoms with E-state index in [-0.39, 0.29) is 0 Å². The van der Waals surface area contributed by atoms with Crippen LogP contribution in [0.2, 0.25) is 0 Å². The van der Waals surface area contributed by atoms with Gasteiger partial charge in [-0.2, -0.15) is 4.37 Å². The number of halogens is 2. The van der Waals surface area contributed by atoms with E-state index in [1.54, 1.807) is 0 Å². The lowest BCUT2D eigenvalue weighted by molar-refractivity contribution is 1.49. The van der Waals surface area contributed by atoms with Crippen LogP contribution in [0, 0.1) is 6.58 Å². The van der Waals surface area contributed by atoms with Gasteiger partial charge in [0.15, 0.2) is 0 Å². The lowest BCUT2D eigenvalue weighted by Crippen LogP contribution is -1.56. The zero-order chi connectivity index (χ0) is 5.28. The van der Waals surface area contributed by atoms with Gasteiger partial charge in [-0.15, -0.1) is 0 Å². The maximum absolute atomic E-state index is 4.04. The molecule has 0 aliphatic rings. The Bertz CT molecular complexity index is 145. The maximum atomic E-state index is 4.04. The highest BCUT2D eigenvalue weighted by molar-refractivity contribution is 14.1. The second-order valence-corrected chi connectivity index (χ2v) is 4.76. The minimum absolute atomic E-state index is 1.09. The van der Waals surface area contributed by atoms with Crippen LogP contribution in [0.4, 0.5) is 0 Å². The fourth-order valence-electron chi connectivity index (χ4n) is 0.234. The van der Waals surface area contributed by atoms with E-state index in [9.17, 15) is 0 Å². The Balaban J connectivity index is 3.04. The molecule has 1 aromatic rings. The standard InChI is InChI=1S/C3HI2NS/c4-2-1-3(5)7-6-2/h1H. The molecule has 0 saturated heterocycles. The fraction of sp³-hybridized carbons (Fsp3) is 0. The first-order valence-electron chi connectivity index (χ1n) is 1.57. The van der Waals surface area contributed by atoms with E-state index >= 15 is 0 Å². The van der Waals surface area contributed by atoms with Crippen molar-refractivity contribution in [3.8, 4) is 0 Å². The molecule has 1 nitrogen and oxygen atoms in total. The molecule has 0 unspecified atom stereocenters. The normalized spacial score (nSPS) is 9.43. The van der Waals surface area contributed by atoms with Crippen LogP contribution in [0.15, 0.2) is 6.07 Å². The Morgan fingerprint density at radius 3 is 2.43 bits per heavy atom. The first kappa shape index (κ1) is 6.21. The average molecular weight is 337 g/mol. The zero-order valence-corrected chi connectivity index (χ0v) is 8.32. The van der Waals surface area contributed by atoms with E-state index in [0.29, 0.717) is 0 Å². The Labute approximate surface area is 73.0 Å². The van der Waals surface area contributed by atoms with Crippen LogP contribution in [0.5, 0.6) is 0 Å². The molecule has 7 heavy (non-hydrogen) atoms. The number of hydrogen-bond donors (Lipinski definition) is 0. The summed E-state index contributed by atoms with van der Waals surface area (Å²) in [4.78, 5) is 0. The second kappa shape index (κ2) is 2.58. The summed E-state index contributed by atoms with van der Waals surface area (Å²) in [5, 5.41) is 0. The molecule has 0 amide bonds. The van der Waals surface area contributed by atoms with E-state index in [4.69, 9.17) is 0 Å². The van der Waals surface area contributed by atoms with Crippen molar-refractivity contribution in [2.45, 2.75) is 0 Å². The van der Waals surface area contributed by atoms with Crippen molar-refractivity contribution in [1.82, 2.24) is 4.37 Å². The SMILES string of the molecule is Ic1cc(I)sn1. The van der Waals surface area contributed by atoms with Crippen LogP contribution in [0.25, 0.3) is 0 Å². The van der Waals surface area contributed by atoms with Crippen molar-refractivity contribution in [1.29, 1.82) is 0 Å². The molecule has 38 valence electrons. The van der Waals surface area contributed by atoms with Crippen molar-refractivity contribution in [3.05, 3.63) is 12.7 Å². The van der Waals surface area contributed by atoms with Crippen molar-refractivity contribution in [2.75, 3.05) is 0 Å². The Hall–Kier alpha value is 1.09. The molecule has 0 atom stereocenters. The largest absolute Gasteiger partial charge is 0.186 e. The third-order valence-corrected chi connectivity index (χ3v) is 2.82. The minimum atomic E-state index is 1.09. The summed E-state index contributed by atoms with van der Waals surface area (Å²) in [6.45, 7) is 0. The van der Waals surface area contributed by atoms with E-state index in [2.05, 4.69) is 49.6 Å². The van der Waals surface area contributed by atoms with Gasteiger partial charge >= 0.3 is 0 Å². The Morgan fingerprint density at radius 1 is 1.57 bits per heavy atom. The predicted molar refractivity (Wildman–Crippen MR) is 47.5 cm³/mol. The molecule has 0 aromatic carbocycles. The van der Waals surface area contributed by atoms with Gasteiger partial charge in [-0.1, -0.05) is 0 Å². The topological polar surface area (TPSA) is 12.9 Å². The summed E-state index contributed by atoms with van der Waals surface area (Å²) in [5.41, 5.74) is 0. The van der Waals surface area contributed by atoms with Crippen LogP contribution >= 0.6 is 56.7 Å². The first-order chi connectivity index (χ1) is 3.29. The van der Waals surface area contributed by atoms with Gasteiger partial charge in [-0.05, 0) is 62.8 Å². The molecule has 1 heterocycles. The molecule has 0 saturated carbocycles. The van der Waals surface area contributed by atoms with Gasteiger partial charge in [0.05, 0.1) is 2.88 Å². The fourth-order valence-corrected chi connectivity index (χ4v) is 2.63. The summed E-state index contributed by atoms with van der Waals surface area (Å²) < 4.78 is 6.38. The molecule has 1 aromatic heterocycles. The summed E-state index contributed by atoms with van der Waals surface area (Å²) in [5.74, 6) is 0. The number of aromatic nitrogens is 1. The molecule has 0 aliphatic carbocycles. The molecule has 1 rings (SSSR count). The number of nitrogens with zero attached hydrogens (tertiary/aromatic N) is 1. The number of rotatable bonds is 0. The smallest absolute Gasteiger partial charge is 0.116 e. The summed E-state index contributed by atoms with van der Waals surface area (Å²) in [6.07, 6.45) is 0. The van der Waals surface area contributed by atoms with Crippen LogP contribution in [-0.4, -0.2) is 4.37 Å². The molecule has 0 fully saturated rings. The van der Waals surface area contributed by atoms with Gasteiger partial charge in [0, 0.05) is 0 Å². The first-order valence-corrected chi connectivity index (χ1v) is 4.50. The highest BCUT2D eigenvalue weighted by atomic mass is 127. The van der Waals surface area contributed by atoms with Crippen molar-refractivity contribution in [2.24, 2.45) is 0 Å². The highest BCUT2D eigenvalue weighted by Crippen LogP contribution is 2.12. The zero-order valence-electron chi connectivity index (χ0n) is 3.19. The van der Waals surface area contributed by atoms with Gasteiger partial charge in [-0.3, -0.25) is 0 Å². The average Bonchev–Trinajstić information content (AvgIpc) is 1.87. The molecular weight excluding hydrogens is 336 g/mol. The predicted octanol–water partition coefficient (Wildman–Crippen LogP) is 2.35. The molecule has 4 heteroatoms. The minimum Gasteiger partial charge on any atom is -0.186 e.